The molecule has 0 atom stereocenters. The largest absolute Gasteiger partial charge is 0.493 e. The van der Waals surface area contributed by atoms with Gasteiger partial charge in [-0.3, -0.25) is 0 Å². The van der Waals surface area contributed by atoms with Gasteiger partial charge in [0.2, 0.25) is 0 Å². The first-order chi connectivity index (χ1) is 10.1. The summed E-state index contributed by atoms with van der Waals surface area (Å²) in [4.78, 5) is 4.72. The lowest BCUT2D eigenvalue weighted by molar-refractivity contribution is 0.285. The minimum absolute atomic E-state index is 0.744. The molecule has 0 bridgehead atoms. The van der Waals surface area contributed by atoms with Crippen molar-refractivity contribution in [2.75, 3.05) is 51.0 Å². The Kier molecular flexibility index (Phi) is 5.74. The maximum atomic E-state index is 6.02. The van der Waals surface area contributed by atoms with Gasteiger partial charge < -0.3 is 20.3 Å². The highest BCUT2D eigenvalue weighted by Gasteiger charge is 2.20. The van der Waals surface area contributed by atoms with E-state index in [0.29, 0.717) is 0 Å². The molecule has 1 aromatic rings. The van der Waals surface area contributed by atoms with E-state index >= 15 is 0 Å². The minimum atomic E-state index is 0.744. The van der Waals surface area contributed by atoms with Crippen LogP contribution in [0, 0.1) is 5.92 Å². The number of piperidine rings is 1. The molecule has 0 radical (unpaired) electrons. The van der Waals surface area contributed by atoms with Crippen molar-refractivity contribution in [2.24, 2.45) is 5.92 Å². The molecule has 2 rings (SSSR count). The van der Waals surface area contributed by atoms with Gasteiger partial charge in [0.25, 0.3) is 0 Å². The summed E-state index contributed by atoms with van der Waals surface area (Å²) < 4.78 is 5.73. The zero-order valence-corrected chi connectivity index (χ0v) is 13.6. The monoisotopic (exact) mass is 291 g/mol. The minimum Gasteiger partial charge on any atom is -0.493 e. The SMILES string of the molecule is CCCOc1cc(N)cc(N2CCC(CN(C)C)CC2)c1. The summed E-state index contributed by atoms with van der Waals surface area (Å²) in [5.41, 5.74) is 8.00. The number of benzene rings is 1. The van der Waals surface area contributed by atoms with E-state index in [-0.39, 0.29) is 0 Å². The number of ether oxygens (including phenoxy) is 1. The summed E-state index contributed by atoms with van der Waals surface area (Å²) in [7, 11) is 4.31. The van der Waals surface area contributed by atoms with Gasteiger partial charge in [0.1, 0.15) is 5.75 Å². The normalized spacial score (nSPS) is 16.5. The number of nitrogens with zero attached hydrogens (tertiary/aromatic N) is 2. The molecule has 1 aromatic carbocycles. The Bertz CT molecular complexity index is 440. The first kappa shape index (κ1) is 16.0. The molecular formula is C17H29N3O. The second kappa shape index (κ2) is 7.55. The molecular weight excluding hydrogens is 262 g/mol. The number of hydrogen-bond acceptors (Lipinski definition) is 4. The molecule has 4 nitrogen and oxygen atoms in total. The molecule has 2 N–H and O–H groups in total. The molecule has 0 unspecified atom stereocenters. The second-order valence-corrected chi connectivity index (χ2v) is 6.30. The third-order valence-electron chi connectivity index (χ3n) is 3.99. The Morgan fingerprint density at radius 2 is 1.95 bits per heavy atom. The quantitative estimate of drug-likeness (QED) is 0.818. The van der Waals surface area contributed by atoms with Gasteiger partial charge in [0.15, 0.2) is 0 Å². The predicted molar refractivity (Wildman–Crippen MR) is 90.1 cm³/mol. The number of hydrogen-bond donors (Lipinski definition) is 1. The van der Waals surface area contributed by atoms with Gasteiger partial charge in [-0.25, -0.2) is 0 Å². The highest BCUT2D eigenvalue weighted by atomic mass is 16.5. The lowest BCUT2D eigenvalue weighted by Gasteiger charge is -2.35. The first-order valence-electron chi connectivity index (χ1n) is 8.01. The molecule has 1 heterocycles. The molecule has 1 aliphatic rings. The Balaban J connectivity index is 1.97. The van der Waals surface area contributed by atoms with Crippen LogP contribution in [0.2, 0.25) is 0 Å². The fraction of sp³-hybridized carbons (Fsp3) is 0.647. The van der Waals surface area contributed by atoms with Crippen molar-refractivity contribution in [1.82, 2.24) is 4.90 Å². The number of rotatable bonds is 6. The zero-order valence-electron chi connectivity index (χ0n) is 13.6. The van der Waals surface area contributed by atoms with Crippen molar-refractivity contribution < 1.29 is 4.74 Å². The summed E-state index contributed by atoms with van der Waals surface area (Å²) in [5, 5.41) is 0. The van der Waals surface area contributed by atoms with Crippen molar-refractivity contribution in [2.45, 2.75) is 26.2 Å². The smallest absolute Gasteiger partial charge is 0.123 e. The molecule has 0 aliphatic carbocycles. The van der Waals surface area contributed by atoms with E-state index in [4.69, 9.17) is 10.5 Å². The second-order valence-electron chi connectivity index (χ2n) is 6.30. The number of nitrogens with two attached hydrogens (primary N) is 1. The topological polar surface area (TPSA) is 41.7 Å². The van der Waals surface area contributed by atoms with Gasteiger partial charge in [-0.1, -0.05) is 6.92 Å². The maximum absolute atomic E-state index is 6.02. The van der Waals surface area contributed by atoms with Crippen LogP contribution in [0.5, 0.6) is 5.75 Å². The molecule has 1 fully saturated rings. The van der Waals surface area contributed by atoms with Crippen molar-refractivity contribution in [3.05, 3.63) is 18.2 Å². The van der Waals surface area contributed by atoms with Crippen LogP contribution in [0.25, 0.3) is 0 Å². The summed E-state index contributed by atoms with van der Waals surface area (Å²) in [6, 6.07) is 6.10. The fourth-order valence-electron chi connectivity index (χ4n) is 2.98. The summed E-state index contributed by atoms with van der Waals surface area (Å²) in [5.74, 6) is 1.70. The standard InChI is InChI=1S/C17H29N3O/c1-4-9-21-17-11-15(18)10-16(12-17)20-7-5-14(6-8-20)13-19(2)3/h10-12,14H,4-9,13,18H2,1-3H3. The van der Waals surface area contributed by atoms with Gasteiger partial charge in [-0.2, -0.15) is 0 Å². The molecule has 118 valence electrons. The Labute approximate surface area is 128 Å². The molecule has 0 spiro atoms. The van der Waals surface area contributed by atoms with E-state index in [2.05, 4.69) is 43.0 Å². The molecule has 4 heteroatoms. The van der Waals surface area contributed by atoms with Crippen LogP contribution in [-0.4, -0.2) is 45.2 Å². The summed E-state index contributed by atoms with van der Waals surface area (Å²) >= 11 is 0. The number of anilines is 2. The fourth-order valence-corrected chi connectivity index (χ4v) is 2.98. The molecule has 1 aliphatic heterocycles. The van der Waals surface area contributed by atoms with Crippen molar-refractivity contribution in [1.29, 1.82) is 0 Å². The van der Waals surface area contributed by atoms with Crippen molar-refractivity contribution >= 4 is 11.4 Å². The van der Waals surface area contributed by atoms with Gasteiger partial charge in [-0.15, -0.1) is 0 Å². The van der Waals surface area contributed by atoms with Crippen LogP contribution in [0.4, 0.5) is 11.4 Å². The van der Waals surface area contributed by atoms with Crippen LogP contribution < -0.4 is 15.4 Å². The van der Waals surface area contributed by atoms with Gasteiger partial charge in [-0.05, 0) is 45.3 Å². The van der Waals surface area contributed by atoms with E-state index in [1.54, 1.807) is 0 Å². The summed E-state index contributed by atoms with van der Waals surface area (Å²) in [6.45, 7) is 6.26. The average Bonchev–Trinajstić information content (AvgIpc) is 2.44. The highest BCUT2D eigenvalue weighted by Crippen LogP contribution is 2.29. The van der Waals surface area contributed by atoms with E-state index < -0.39 is 0 Å². The lowest BCUT2D eigenvalue weighted by atomic mass is 9.96. The molecule has 0 amide bonds. The van der Waals surface area contributed by atoms with E-state index in [9.17, 15) is 0 Å². The van der Waals surface area contributed by atoms with Gasteiger partial charge in [0.05, 0.1) is 6.61 Å². The Morgan fingerprint density at radius 1 is 1.24 bits per heavy atom. The third-order valence-corrected chi connectivity index (χ3v) is 3.99. The first-order valence-corrected chi connectivity index (χ1v) is 8.01. The number of nitrogen functional groups attached to an aromatic ring is 1. The maximum Gasteiger partial charge on any atom is 0.123 e. The zero-order chi connectivity index (χ0) is 15.2. The van der Waals surface area contributed by atoms with E-state index in [0.717, 1.165) is 43.5 Å². The Hall–Kier alpha value is -1.42. The highest BCUT2D eigenvalue weighted by molar-refractivity contribution is 5.60. The Morgan fingerprint density at radius 3 is 2.57 bits per heavy atom. The predicted octanol–water partition coefficient (Wildman–Crippen LogP) is 2.84. The molecule has 21 heavy (non-hydrogen) atoms. The van der Waals surface area contributed by atoms with Crippen LogP contribution in [0.1, 0.15) is 26.2 Å². The van der Waals surface area contributed by atoms with Crippen molar-refractivity contribution in [3.63, 3.8) is 0 Å². The molecule has 1 saturated heterocycles. The van der Waals surface area contributed by atoms with Crippen LogP contribution >= 0.6 is 0 Å². The van der Waals surface area contributed by atoms with Crippen LogP contribution in [0.3, 0.4) is 0 Å². The van der Waals surface area contributed by atoms with Gasteiger partial charge in [0, 0.05) is 43.1 Å². The molecule has 0 aromatic heterocycles. The van der Waals surface area contributed by atoms with Gasteiger partial charge >= 0.3 is 0 Å². The average molecular weight is 291 g/mol. The molecule has 0 saturated carbocycles. The van der Waals surface area contributed by atoms with Crippen LogP contribution in [0.15, 0.2) is 18.2 Å². The van der Waals surface area contributed by atoms with Crippen LogP contribution in [-0.2, 0) is 0 Å². The summed E-state index contributed by atoms with van der Waals surface area (Å²) in [6.07, 6.45) is 3.51. The van der Waals surface area contributed by atoms with E-state index in [1.165, 1.54) is 25.1 Å². The van der Waals surface area contributed by atoms with E-state index in [1.807, 2.05) is 6.07 Å². The lowest BCUT2D eigenvalue weighted by Crippen LogP contribution is -2.37. The van der Waals surface area contributed by atoms with Crippen molar-refractivity contribution in [3.8, 4) is 5.75 Å². The third kappa shape index (κ3) is 4.81.